The Kier molecular flexibility index (Phi) is 13.7. The van der Waals surface area contributed by atoms with Crippen molar-refractivity contribution in [1.29, 1.82) is 0 Å². The molecule has 0 unspecified atom stereocenters. The predicted molar refractivity (Wildman–Crippen MR) is 121 cm³/mol. The Bertz CT molecular complexity index is 437. The van der Waals surface area contributed by atoms with Crippen molar-refractivity contribution >= 4 is 23.0 Å². The zero-order chi connectivity index (χ0) is 19.1. The van der Waals surface area contributed by atoms with Crippen LogP contribution in [0.25, 0.3) is 0 Å². The molecule has 3 heteroatoms. The van der Waals surface area contributed by atoms with E-state index in [0.29, 0.717) is 0 Å². The summed E-state index contributed by atoms with van der Waals surface area (Å²) in [6.45, 7) is 9.37. The van der Waals surface area contributed by atoms with Gasteiger partial charge < -0.3 is 7.80 Å². The van der Waals surface area contributed by atoms with Gasteiger partial charge >= 0.3 is 0 Å². The molecular weight excluding hydrogens is 435 g/mol. The topological polar surface area (TPSA) is 18.5 Å². The second kappa shape index (κ2) is 14.9. The van der Waals surface area contributed by atoms with E-state index in [4.69, 9.17) is 7.80 Å². The van der Waals surface area contributed by atoms with Gasteiger partial charge in [0.05, 0.1) is 6.61 Å². The zero-order valence-corrected chi connectivity index (χ0v) is 19.4. The van der Waals surface area contributed by atoms with E-state index < -0.39 is 0 Å². The number of halogens is 1. The summed E-state index contributed by atoms with van der Waals surface area (Å²) in [6.07, 6.45) is 12.9. The Morgan fingerprint density at radius 1 is 0.692 bits per heavy atom. The van der Waals surface area contributed by atoms with Gasteiger partial charge in [-0.2, -0.15) is 0 Å². The van der Waals surface area contributed by atoms with Crippen molar-refractivity contribution < 1.29 is 7.80 Å². The molecule has 0 fully saturated rings. The summed E-state index contributed by atoms with van der Waals surface area (Å²) >= 11 is 1.93. The first-order valence-corrected chi connectivity index (χ1v) is 11.3. The molecule has 0 atom stereocenters. The second-order valence-corrected chi connectivity index (χ2v) is 8.93. The maximum atomic E-state index is 5.58. The Labute approximate surface area is 176 Å². The molecule has 150 valence electrons. The van der Waals surface area contributed by atoms with Gasteiger partial charge in [0.1, 0.15) is 23.0 Å². The Balaban J connectivity index is 1.89. The Morgan fingerprint density at radius 2 is 1.23 bits per heavy atom. The van der Waals surface area contributed by atoms with Crippen molar-refractivity contribution in [2.45, 2.75) is 90.4 Å². The molecule has 0 bridgehead atoms. The van der Waals surface area contributed by atoms with Crippen molar-refractivity contribution in [2.24, 2.45) is 0 Å². The van der Waals surface area contributed by atoms with Crippen molar-refractivity contribution in [3.05, 3.63) is 35.4 Å². The molecule has 0 N–H and O–H groups in total. The number of rotatable bonds is 15. The van der Waals surface area contributed by atoms with Crippen molar-refractivity contribution in [1.82, 2.24) is 0 Å². The van der Waals surface area contributed by atoms with E-state index in [9.17, 15) is 0 Å². The fraction of sp³-hybridized carbons (Fsp3) is 0.739. The summed E-state index contributed by atoms with van der Waals surface area (Å²) in [4.78, 5) is 0. The number of unbranched alkanes of at least 4 members (excludes halogenated alkanes) is 7. The van der Waals surface area contributed by atoms with Crippen LogP contribution in [-0.4, -0.2) is 19.8 Å². The molecule has 0 aliphatic heterocycles. The minimum absolute atomic E-state index is 0.258. The van der Waals surface area contributed by atoms with Crippen LogP contribution >= 0.6 is 23.0 Å². The molecule has 1 aromatic carbocycles. The number of hydrogen-bond acceptors (Lipinski definition) is 2. The number of hydrogen-bond donors (Lipinski definition) is 0. The molecule has 0 radical (unpaired) electrons. The predicted octanol–water partition coefficient (Wildman–Crippen LogP) is 7.42. The van der Waals surface area contributed by atoms with Crippen molar-refractivity contribution in [2.75, 3.05) is 19.8 Å². The van der Waals surface area contributed by atoms with Crippen LogP contribution in [0.3, 0.4) is 0 Å². The summed E-state index contributed by atoms with van der Waals surface area (Å²) in [7, 11) is 0. The van der Waals surface area contributed by atoms with Gasteiger partial charge in [0.2, 0.25) is 0 Å². The summed E-state index contributed by atoms with van der Waals surface area (Å²) in [5, 5.41) is 0. The first kappa shape index (κ1) is 23.9. The third kappa shape index (κ3) is 12.3. The molecule has 0 aliphatic rings. The molecule has 0 heterocycles. The summed E-state index contributed by atoms with van der Waals surface area (Å²) in [5.74, 6) is 0. The third-order valence-corrected chi connectivity index (χ3v) is 5.27. The zero-order valence-electron chi connectivity index (χ0n) is 17.2. The summed E-state index contributed by atoms with van der Waals surface area (Å²) < 4.78 is 10.6. The van der Waals surface area contributed by atoms with Crippen molar-refractivity contribution in [3.8, 4) is 0 Å². The minimum atomic E-state index is 0.258. The van der Waals surface area contributed by atoms with Crippen LogP contribution in [0.2, 0.25) is 0 Å². The maximum absolute atomic E-state index is 5.58. The van der Waals surface area contributed by atoms with Gasteiger partial charge in [-0.3, -0.25) is 0 Å². The minimum Gasteiger partial charge on any atom is -0.381 e. The second-order valence-electron chi connectivity index (χ2n) is 8.30. The van der Waals surface area contributed by atoms with E-state index in [0.717, 1.165) is 26.2 Å². The van der Waals surface area contributed by atoms with E-state index in [1.165, 1.54) is 68.9 Å². The Hall–Kier alpha value is -0.130. The molecule has 0 aliphatic carbocycles. The van der Waals surface area contributed by atoms with Gasteiger partial charge in [-0.15, -0.1) is 0 Å². The normalized spacial score (nSPS) is 11.8. The van der Waals surface area contributed by atoms with Crippen LogP contribution in [0.4, 0.5) is 0 Å². The lowest BCUT2D eigenvalue weighted by atomic mass is 9.86. The van der Waals surface area contributed by atoms with Crippen LogP contribution < -0.4 is 0 Å². The quantitative estimate of drug-likeness (QED) is 0.195. The first-order chi connectivity index (χ1) is 12.5. The molecule has 0 aromatic heterocycles. The molecule has 0 saturated heterocycles. The maximum Gasteiger partial charge on any atom is 0.109 e. The van der Waals surface area contributed by atoms with E-state index in [1.54, 1.807) is 0 Å². The van der Waals surface area contributed by atoms with E-state index in [2.05, 4.69) is 45.0 Å². The summed E-state index contributed by atoms with van der Waals surface area (Å²) in [6, 6.07) is 9.24. The highest BCUT2D eigenvalue weighted by molar-refractivity contribution is 14.1. The van der Waals surface area contributed by atoms with Gasteiger partial charge in [-0.25, -0.2) is 0 Å². The molecule has 1 aromatic rings. The van der Waals surface area contributed by atoms with Gasteiger partial charge in [0.15, 0.2) is 0 Å². The van der Waals surface area contributed by atoms with Gasteiger partial charge in [-0.1, -0.05) is 83.6 Å². The highest BCUT2D eigenvalue weighted by Gasteiger charge is 2.12. The smallest absolute Gasteiger partial charge is 0.109 e. The average molecular weight is 474 g/mol. The lowest BCUT2D eigenvalue weighted by Gasteiger charge is -2.19. The molecule has 1 rings (SSSR count). The molecule has 0 spiro atoms. The summed E-state index contributed by atoms with van der Waals surface area (Å²) in [5.41, 5.74) is 3.18. The lowest BCUT2D eigenvalue weighted by molar-refractivity contribution is 0.120. The van der Waals surface area contributed by atoms with Crippen LogP contribution in [0, 0.1) is 0 Å². The highest BCUT2D eigenvalue weighted by Crippen LogP contribution is 2.22. The van der Waals surface area contributed by atoms with Crippen LogP contribution in [0.1, 0.15) is 89.7 Å². The monoisotopic (exact) mass is 474 g/mol. The molecule has 2 nitrogen and oxygen atoms in total. The molecular formula is C23H39IO2. The third-order valence-electron chi connectivity index (χ3n) is 4.83. The fourth-order valence-corrected chi connectivity index (χ4v) is 3.39. The fourth-order valence-electron chi connectivity index (χ4n) is 3.08. The van der Waals surface area contributed by atoms with Crippen LogP contribution in [0.15, 0.2) is 24.3 Å². The molecule has 0 saturated carbocycles. The Morgan fingerprint density at radius 3 is 1.81 bits per heavy atom. The lowest BCUT2D eigenvalue weighted by Crippen LogP contribution is -2.10. The molecule has 0 amide bonds. The number of aryl methyl sites for hydroxylation is 1. The van der Waals surface area contributed by atoms with E-state index >= 15 is 0 Å². The van der Waals surface area contributed by atoms with Gasteiger partial charge in [0, 0.05) is 13.2 Å². The highest BCUT2D eigenvalue weighted by atomic mass is 127. The van der Waals surface area contributed by atoms with Crippen LogP contribution in [-0.2, 0) is 19.6 Å². The van der Waals surface area contributed by atoms with Crippen LogP contribution in [0.5, 0.6) is 0 Å². The van der Waals surface area contributed by atoms with Gasteiger partial charge in [-0.05, 0) is 42.2 Å². The largest absolute Gasteiger partial charge is 0.381 e. The number of benzene rings is 1. The average Bonchev–Trinajstić information content (AvgIpc) is 2.61. The SMILES string of the molecule is CC(C)(C)c1ccc(CCCCCCCCCCOCCCOI)cc1. The van der Waals surface area contributed by atoms with Crippen molar-refractivity contribution in [3.63, 3.8) is 0 Å². The van der Waals surface area contributed by atoms with E-state index in [-0.39, 0.29) is 5.41 Å². The standard InChI is InChI=1S/C23H39IO2/c1-23(2,3)22-16-14-21(15-17-22)13-10-8-6-4-5-7-9-11-18-25-19-12-20-26-24/h14-17H,4-13,18-20H2,1-3H3. The van der Waals surface area contributed by atoms with E-state index in [1.807, 2.05) is 23.0 Å². The molecule has 26 heavy (non-hydrogen) atoms. The number of ether oxygens (including phenoxy) is 1. The van der Waals surface area contributed by atoms with Gasteiger partial charge in [0.25, 0.3) is 0 Å². The first-order valence-electron chi connectivity index (χ1n) is 10.4.